The number of benzene rings is 1. The van der Waals surface area contributed by atoms with Crippen LogP contribution in [-0.2, 0) is 6.42 Å². The first-order valence-corrected chi connectivity index (χ1v) is 11.2. The standard InChI is InChI=1S/C23H22BrFN6O2/c1-10(4-11-5-16(25)14-7-15(24)22(27)30-17(14)6-11)13-8-18(20(33)19(13)32)31-3-2-12-21(26)28-9-29-23(12)31/h2-3,5-10,18-20,32-33H,4H2,1H3,(H2,27,30)(H2,26,28,29)/t10?,18-,19-,20+/m1/s1. The van der Waals surface area contributed by atoms with E-state index >= 15 is 0 Å². The minimum Gasteiger partial charge on any atom is -0.388 e. The number of aromatic nitrogens is 4. The molecule has 8 nitrogen and oxygen atoms in total. The van der Waals surface area contributed by atoms with Gasteiger partial charge in [-0.05, 0) is 63.7 Å². The molecule has 4 aromatic rings. The van der Waals surface area contributed by atoms with Crippen LogP contribution in [0.4, 0.5) is 16.0 Å². The summed E-state index contributed by atoms with van der Waals surface area (Å²) in [6.07, 6.45) is 3.33. The Morgan fingerprint density at radius 2 is 1.94 bits per heavy atom. The predicted molar refractivity (Wildman–Crippen MR) is 128 cm³/mol. The molecule has 1 unspecified atom stereocenters. The molecule has 6 N–H and O–H groups in total. The van der Waals surface area contributed by atoms with Gasteiger partial charge < -0.3 is 26.2 Å². The zero-order valence-corrected chi connectivity index (χ0v) is 19.2. The van der Waals surface area contributed by atoms with E-state index in [0.29, 0.717) is 44.2 Å². The number of nitrogens with zero attached hydrogens (tertiary/aromatic N) is 4. The van der Waals surface area contributed by atoms with E-state index < -0.39 is 24.1 Å². The Morgan fingerprint density at radius 3 is 2.73 bits per heavy atom. The molecule has 0 saturated carbocycles. The maximum atomic E-state index is 14.7. The van der Waals surface area contributed by atoms with Crippen LogP contribution in [0.5, 0.6) is 0 Å². The van der Waals surface area contributed by atoms with Gasteiger partial charge in [0.25, 0.3) is 0 Å². The van der Waals surface area contributed by atoms with Crippen molar-refractivity contribution < 1.29 is 14.6 Å². The first-order chi connectivity index (χ1) is 15.7. The van der Waals surface area contributed by atoms with E-state index in [1.807, 2.05) is 13.0 Å². The van der Waals surface area contributed by atoms with E-state index in [4.69, 9.17) is 11.5 Å². The molecule has 0 bridgehead atoms. The topological polar surface area (TPSA) is 136 Å². The molecular weight excluding hydrogens is 491 g/mol. The zero-order valence-electron chi connectivity index (χ0n) is 17.7. The Bertz CT molecular complexity index is 1420. The first-order valence-electron chi connectivity index (χ1n) is 10.4. The lowest BCUT2D eigenvalue weighted by atomic mass is 9.91. The largest absolute Gasteiger partial charge is 0.388 e. The van der Waals surface area contributed by atoms with Gasteiger partial charge in [-0.3, -0.25) is 0 Å². The Balaban J connectivity index is 1.46. The van der Waals surface area contributed by atoms with Crippen molar-refractivity contribution in [2.75, 3.05) is 11.5 Å². The number of nitrogens with two attached hydrogens (primary N) is 2. The van der Waals surface area contributed by atoms with E-state index in [1.165, 1.54) is 12.4 Å². The number of pyridine rings is 1. The Kier molecular flexibility index (Phi) is 5.31. The molecule has 33 heavy (non-hydrogen) atoms. The molecule has 0 fully saturated rings. The van der Waals surface area contributed by atoms with Crippen LogP contribution in [0.2, 0.25) is 0 Å². The Labute approximate surface area is 196 Å². The molecule has 3 heterocycles. The second kappa shape index (κ2) is 8.05. The molecule has 10 heteroatoms. The van der Waals surface area contributed by atoms with Gasteiger partial charge in [0.2, 0.25) is 0 Å². The van der Waals surface area contributed by atoms with Crippen molar-refractivity contribution in [1.29, 1.82) is 0 Å². The molecule has 0 spiro atoms. The third-order valence-corrected chi connectivity index (χ3v) is 6.91. The van der Waals surface area contributed by atoms with Crippen LogP contribution in [0.1, 0.15) is 18.5 Å². The van der Waals surface area contributed by atoms with Crippen molar-refractivity contribution in [3.8, 4) is 0 Å². The second-order valence-electron chi connectivity index (χ2n) is 8.42. The first kappa shape index (κ1) is 21.7. The fourth-order valence-electron chi connectivity index (χ4n) is 4.58. The smallest absolute Gasteiger partial charge is 0.146 e. The van der Waals surface area contributed by atoms with Gasteiger partial charge in [-0.1, -0.05) is 13.0 Å². The maximum Gasteiger partial charge on any atom is 0.146 e. The molecule has 1 aliphatic carbocycles. The number of fused-ring (bicyclic) bond motifs is 2. The summed E-state index contributed by atoms with van der Waals surface area (Å²) in [6, 6.07) is 6.15. The summed E-state index contributed by atoms with van der Waals surface area (Å²) in [5, 5.41) is 22.7. The number of hydrogen-bond acceptors (Lipinski definition) is 7. The number of halogens is 2. The molecule has 1 aromatic carbocycles. The van der Waals surface area contributed by atoms with Crippen LogP contribution in [0.25, 0.3) is 21.9 Å². The molecule has 0 aliphatic heterocycles. The Morgan fingerprint density at radius 1 is 1.15 bits per heavy atom. The highest BCUT2D eigenvalue weighted by molar-refractivity contribution is 9.10. The van der Waals surface area contributed by atoms with Crippen molar-refractivity contribution in [2.45, 2.75) is 31.6 Å². The van der Waals surface area contributed by atoms with Crippen LogP contribution >= 0.6 is 15.9 Å². The molecule has 1 aliphatic rings. The van der Waals surface area contributed by atoms with Gasteiger partial charge in [-0.25, -0.2) is 19.3 Å². The number of nitrogen functional groups attached to an aromatic ring is 2. The van der Waals surface area contributed by atoms with Crippen molar-refractivity contribution in [2.24, 2.45) is 5.92 Å². The third kappa shape index (κ3) is 3.64. The molecule has 170 valence electrons. The summed E-state index contributed by atoms with van der Waals surface area (Å²) in [6.45, 7) is 1.93. The van der Waals surface area contributed by atoms with Gasteiger partial charge in [0, 0.05) is 11.6 Å². The molecule has 0 radical (unpaired) electrons. The molecule has 4 atom stereocenters. The summed E-state index contributed by atoms with van der Waals surface area (Å²) in [5.74, 6) is 0.0861. The van der Waals surface area contributed by atoms with E-state index in [0.717, 1.165) is 5.56 Å². The number of hydrogen-bond donors (Lipinski definition) is 4. The highest BCUT2D eigenvalue weighted by atomic mass is 79.9. The van der Waals surface area contributed by atoms with Crippen molar-refractivity contribution in [1.82, 2.24) is 19.5 Å². The summed E-state index contributed by atoms with van der Waals surface area (Å²) in [4.78, 5) is 12.5. The van der Waals surface area contributed by atoms with Crippen molar-refractivity contribution >= 4 is 49.5 Å². The number of anilines is 2. The molecule has 0 amide bonds. The average Bonchev–Trinajstić information content (AvgIpc) is 3.32. The lowest BCUT2D eigenvalue weighted by molar-refractivity contribution is 0.0293. The highest BCUT2D eigenvalue weighted by Gasteiger charge is 2.38. The van der Waals surface area contributed by atoms with Gasteiger partial charge in [0.1, 0.15) is 41.6 Å². The third-order valence-electron chi connectivity index (χ3n) is 6.27. The summed E-state index contributed by atoms with van der Waals surface area (Å²) >= 11 is 3.28. The van der Waals surface area contributed by atoms with Gasteiger partial charge in [0.05, 0.1) is 21.4 Å². The second-order valence-corrected chi connectivity index (χ2v) is 9.27. The van der Waals surface area contributed by atoms with Crippen LogP contribution in [0.15, 0.2) is 52.9 Å². The van der Waals surface area contributed by atoms with Gasteiger partial charge in [-0.15, -0.1) is 0 Å². The van der Waals surface area contributed by atoms with Gasteiger partial charge >= 0.3 is 0 Å². The van der Waals surface area contributed by atoms with Crippen LogP contribution < -0.4 is 11.5 Å². The lowest BCUT2D eigenvalue weighted by Crippen LogP contribution is -2.30. The van der Waals surface area contributed by atoms with E-state index in [9.17, 15) is 14.6 Å². The summed E-state index contributed by atoms with van der Waals surface area (Å²) < 4.78 is 17.0. The zero-order chi connectivity index (χ0) is 23.4. The van der Waals surface area contributed by atoms with Crippen molar-refractivity contribution in [3.63, 3.8) is 0 Å². The predicted octanol–water partition coefficient (Wildman–Crippen LogP) is 3.13. The molecule has 3 aromatic heterocycles. The van der Waals surface area contributed by atoms with Crippen molar-refractivity contribution in [3.05, 3.63) is 64.3 Å². The molecule has 0 saturated heterocycles. The SMILES string of the molecule is CC(Cc1cc(F)c2cc(Br)c(N)nc2c1)C1=C[C@@H](n2ccc3c(N)ncnc32)[C@H](O)[C@@H]1O. The maximum absolute atomic E-state index is 14.7. The van der Waals surface area contributed by atoms with E-state index in [2.05, 4.69) is 30.9 Å². The van der Waals surface area contributed by atoms with Gasteiger partial charge in [-0.2, -0.15) is 0 Å². The number of aliphatic hydroxyl groups is 2. The highest BCUT2D eigenvalue weighted by Crippen LogP contribution is 2.37. The number of aliphatic hydroxyl groups excluding tert-OH is 2. The normalized spacial score (nSPS) is 21.6. The van der Waals surface area contributed by atoms with Crippen LogP contribution in [0.3, 0.4) is 0 Å². The van der Waals surface area contributed by atoms with E-state index in [1.54, 1.807) is 29.0 Å². The minimum atomic E-state index is -1.06. The minimum absolute atomic E-state index is 0.161. The Hall–Kier alpha value is -3.08. The average molecular weight is 513 g/mol. The van der Waals surface area contributed by atoms with Crippen LogP contribution in [0, 0.1) is 11.7 Å². The fourth-order valence-corrected chi connectivity index (χ4v) is 4.89. The summed E-state index contributed by atoms with van der Waals surface area (Å²) in [5.41, 5.74) is 14.2. The summed E-state index contributed by atoms with van der Waals surface area (Å²) in [7, 11) is 0. The quantitative estimate of drug-likeness (QED) is 0.308. The number of rotatable bonds is 4. The van der Waals surface area contributed by atoms with Gasteiger partial charge in [0.15, 0.2) is 0 Å². The molecule has 5 rings (SSSR count). The van der Waals surface area contributed by atoms with Crippen LogP contribution in [-0.4, -0.2) is 41.9 Å². The lowest BCUT2D eigenvalue weighted by Gasteiger charge is -2.21. The monoisotopic (exact) mass is 512 g/mol. The fraction of sp³-hybridized carbons (Fsp3) is 0.261. The van der Waals surface area contributed by atoms with E-state index in [-0.39, 0.29) is 11.7 Å². The molecular formula is C23H22BrFN6O2.